The van der Waals surface area contributed by atoms with Crippen LogP contribution in [0, 0.1) is 11.3 Å². The fraction of sp³-hybridized carbons (Fsp3) is 0.333. The Hall–Kier alpha value is -1.40. The molecule has 1 N–H and O–H groups in total. The van der Waals surface area contributed by atoms with Crippen molar-refractivity contribution in [3.63, 3.8) is 0 Å². The average Bonchev–Trinajstić information content (AvgIpc) is 2.08. The smallest absolute Gasteiger partial charge is 0.0587 e. The Morgan fingerprint density at radius 3 is 2.42 bits per heavy atom. The summed E-state index contributed by atoms with van der Waals surface area (Å²) in [5.41, 5.74) is 1.13. The number of rotatable bonds is 2. The van der Waals surface area contributed by atoms with Gasteiger partial charge in [-0.15, -0.1) is 0 Å². The highest BCUT2D eigenvalue weighted by Crippen LogP contribution is 1.94. The van der Waals surface area contributed by atoms with E-state index in [1.807, 2.05) is 12.1 Å². The topological polar surface area (TPSA) is 56.9 Å². The molecule has 0 bridgehead atoms. The first-order chi connectivity index (χ1) is 5.85. The molecule has 0 atom stereocenters. The van der Waals surface area contributed by atoms with Gasteiger partial charge in [0, 0.05) is 25.9 Å². The Labute approximate surface area is 72.3 Å². The van der Waals surface area contributed by atoms with E-state index in [2.05, 4.69) is 4.98 Å². The van der Waals surface area contributed by atoms with Crippen LogP contribution in [0.4, 0.5) is 0 Å². The summed E-state index contributed by atoms with van der Waals surface area (Å²) in [4.78, 5) is 3.85. The van der Waals surface area contributed by atoms with Crippen LogP contribution in [-0.4, -0.2) is 16.7 Å². The summed E-state index contributed by atoms with van der Waals surface area (Å²) in [5, 5.41) is 15.8. The normalized spacial score (nSPS) is 7.75. The number of aliphatic hydroxyl groups excluding tert-OH is 1. The summed E-state index contributed by atoms with van der Waals surface area (Å²) in [5.74, 6) is 0. The van der Waals surface area contributed by atoms with E-state index in [9.17, 15) is 0 Å². The van der Waals surface area contributed by atoms with Crippen LogP contribution in [0.2, 0.25) is 0 Å². The van der Waals surface area contributed by atoms with Gasteiger partial charge < -0.3 is 5.11 Å². The van der Waals surface area contributed by atoms with Crippen molar-refractivity contribution < 1.29 is 5.11 Å². The molecule has 0 aliphatic carbocycles. The largest absolute Gasteiger partial charge is 0.396 e. The van der Waals surface area contributed by atoms with Crippen LogP contribution in [0.3, 0.4) is 0 Å². The van der Waals surface area contributed by atoms with E-state index >= 15 is 0 Å². The van der Waals surface area contributed by atoms with Crippen LogP contribution >= 0.6 is 0 Å². The first-order valence-corrected chi connectivity index (χ1v) is 3.65. The van der Waals surface area contributed by atoms with Gasteiger partial charge in [0.05, 0.1) is 6.07 Å². The number of hydrogen-bond donors (Lipinski definition) is 1. The second-order valence-electron chi connectivity index (χ2n) is 2.05. The van der Waals surface area contributed by atoms with E-state index in [0.29, 0.717) is 0 Å². The molecule has 1 heterocycles. The fourth-order valence-electron chi connectivity index (χ4n) is 0.679. The van der Waals surface area contributed by atoms with Crippen molar-refractivity contribution in [2.45, 2.75) is 13.3 Å². The first kappa shape index (κ1) is 10.6. The minimum atomic E-state index is 0.212. The molecule has 64 valence electrons. The quantitative estimate of drug-likeness (QED) is 0.713. The second kappa shape index (κ2) is 7.70. The van der Waals surface area contributed by atoms with Gasteiger partial charge in [-0.2, -0.15) is 5.26 Å². The zero-order chi connectivity index (χ0) is 9.23. The molecule has 0 saturated carbocycles. The van der Waals surface area contributed by atoms with Gasteiger partial charge in [-0.1, -0.05) is 0 Å². The lowest BCUT2D eigenvalue weighted by Gasteiger charge is -1.92. The first-order valence-electron chi connectivity index (χ1n) is 3.65. The van der Waals surface area contributed by atoms with Crippen molar-refractivity contribution in [2.75, 3.05) is 6.61 Å². The van der Waals surface area contributed by atoms with Crippen LogP contribution in [0.1, 0.15) is 12.5 Å². The zero-order valence-electron chi connectivity index (χ0n) is 7.07. The summed E-state index contributed by atoms with van der Waals surface area (Å²) < 4.78 is 0. The summed E-state index contributed by atoms with van der Waals surface area (Å²) in [6, 6.07) is 5.55. The maximum Gasteiger partial charge on any atom is 0.0587 e. The van der Waals surface area contributed by atoms with Gasteiger partial charge in [-0.05, 0) is 24.1 Å². The Bertz CT molecular complexity index is 228. The lowest BCUT2D eigenvalue weighted by molar-refractivity contribution is 0.299. The lowest BCUT2D eigenvalue weighted by Crippen LogP contribution is -1.89. The van der Waals surface area contributed by atoms with E-state index in [1.54, 1.807) is 18.5 Å². The molecule has 0 aliphatic heterocycles. The van der Waals surface area contributed by atoms with Gasteiger partial charge in [0.2, 0.25) is 0 Å². The molecule has 0 aromatic carbocycles. The van der Waals surface area contributed by atoms with Gasteiger partial charge in [-0.25, -0.2) is 0 Å². The molecule has 3 heteroatoms. The Kier molecular flexibility index (Phi) is 6.81. The molecule has 3 nitrogen and oxygen atoms in total. The molecule has 0 amide bonds. The molecular weight excluding hydrogens is 152 g/mol. The molecule has 0 saturated heterocycles. The van der Waals surface area contributed by atoms with Gasteiger partial charge in [0.15, 0.2) is 0 Å². The van der Waals surface area contributed by atoms with Crippen LogP contribution in [-0.2, 0) is 6.42 Å². The van der Waals surface area contributed by atoms with Crippen molar-refractivity contribution in [3.05, 3.63) is 30.1 Å². The highest BCUT2D eigenvalue weighted by Gasteiger charge is 1.86. The Morgan fingerprint density at radius 1 is 1.50 bits per heavy atom. The second-order valence-corrected chi connectivity index (χ2v) is 2.05. The van der Waals surface area contributed by atoms with Gasteiger partial charge in [0.1, 0.15) is 0 Å². The van der Waals surface area contributed by atoms with Crippen molar-refractivity contribution in [1.29, 1.82) is 5.26 Å². The van der Waals surface area contributed by atoms with Crippen molar-refractivity contribution in [2.24, 2.45) is 0 Å². The maximum absolute atomic E-state index is 8.50. The molecular formula is C9H12N2O. The van der Waals surface area contributed by atoms with Gasteiger partial charge in [-0.3, -0.25) is 4.98 Å². The third-order valence-corrected chi connectivity index (χ3v) is 1.15. The van der Waals surface area contributed by atoms with Crippen molar-refractivity contribution in [3.8, 4) is 6.07 Å². The Balaban J connectivity index is 0.000000354. The average molecular weight is 164 g/mol. The van der Waals surface area contributed by atoms with Gasteiger partial charge in [0.25, 0.3) is 0 Å². The van der Waals surface area contributed by atoms with Gasteiger partial charge >= 0.3 is 0 Å². The zero-order valence-corrected chi connectivity index (χ0v) is 7.07. The van der Waals surface area contributed by atoms with E-state index in [0.717, 1.165) is 12.0 Å². The van der Waals surface area contributed by atoms with Crippen molar-refractivity contribution in [1.82, 2.24) is 4.98 Å². The van der Waals surface area contributed by atoms with Crippen LogP contribution in [0.15, 0.2) is 24.5 Å². The van der Waals surface area contributed by atoms with Crippen molar-refractivity contribution >= 4 is 0 Å². The lowest BCUT2D eigenvalue weighted by atomic mass is 10.2. The highest BCUT2D eigenvalue weighted by molar-refractivity contribution is 5.09. The molecule has 1 rings (SSSR count). The number of nitriles is 1. The Morgan fingerprint density at radius 2 is 2.00 bits per heavy atom. The molecule has 0 aliphatic rings. The van der Waals surface area contributed by atoms with E-state index in [1.165, 1.54) is 6.92 Å². The minimum Gasteiger partial charge on any atom is -0.396 e. The van der Waals surface area contributed by atoms with E-state index in [4.69, 9.17) is 10.4 Å². The van der Waals surface area contributed by atoms with Crippen LogP contribution < -0.4 is 0 Å². The molecule has 0 spiro atoms. The molecule has 0 radical (unpaired) electrons. The highest BCUT2D eigenvalue weighted by atomic mass is 16.2. The maximum atomic E-state index is 8.50. The number of nitrogens with zero attached hydrogens (tertiary/aromatic N) is 2. The van der Waals surface area contributed by atoms with E-state index in [-0.39, 0.29) is 6.61 Å². The molecule has 1 aromatic heterocycles. The predicted molar refractivity (Wildman–Crippen MR) is 46.3 cm³/mol. The number of pyridine rings is 1. The SMILES string of the molecule is CC#N.OCCc1ccncc1. The van der Waals surface area contributed by atoms with Crippen LogP contribution in [0.5, 0.6) is 0 Å². The standard InChI is InChI=1S/C7H9NO.C2H3N/c9-6-3-7-1-4-8-5-2-7;1-2-3/h1-2,4-5,9H,3,6H2;1H3. The summed E-state index contributed by atoms with van der Waals surface area (Å²) in [6.07, 6.45) is 4.18. The summed E-state index contributed by atoms with van der Waals surface area (Å²) >= 11 is 0. The third kappa shape index (κ3) is 5.39. The summed E-state index contributed by atoms with van der Waals surface area (Å²) in [6.45, 7) is 1.64. The fourth-order valence-corrected chi connectivity index (χ4v) is 0.679. The monoisotopic (exact) mass is 164 g/mol. The predicted octanol–water partition coefficient (Wildman–Crippen LogP) is 1.15. The third-order valence-electron chi connectivity index (χ3n) is 1.15. The van der Waals surface area contributed by atoms with E-state index < -0.39 is 0 Å². The molecule has 12 heavy (non-hydrogen) atoms. The molecule has 1 aromatic rings. The summed E-state index contributed by atoms with van der Waals surface area (Å²) in [7, 11) is 0. The molecule has 0 unspecified atom stereocenters. The number of hydrogen-bond acceptors (Lipinski definition) is 3. The number of aromatic nitrogens is 1. The van der Waals surface area contributed by atoms with Crippen LogP contribution in [0.25, 0.3) is 0 Å². The molecule has 0 fully saturated rings. The minimum absolute atomic E-state index is 0.212. The number of aliphatic hydroxyl groups is 1.